The van der Waals surface area contributed by atoms with Crippen LogP contribution in [0.25, 0.3) is 0 Å². The van der Waals surface area contributed by atoms with Gasteiger partial charge in [-0.15, -0.1) is 0 Å². The van der Waals surface area contributed by atoms with E-state index in [9.17, 15) is 0 Å². The van der Waals surface area contributed by atoms with E-state index >= 15 is 0 Å². The van der Waals surface area contributed by atoms with Crippen LogP contribution in [0.5, 0.6) is 5.75 Å². The van der Waals surface area contributed by atoms with Crippen molar-refractivity contribution in [1.29, 1.82) is 0 Å². The SMILES string of the molecule is COCc1cccc(OC(C)CCCNC2CC2)c1. The van der Waals surface area contributed by atoms with Crippen LogP contribution in [-0.4, -0.2) is 25.8 Å². The molecule has 1 saturated carbocycles. The van der Waals surface area contributed by atoms with E-state index in [1.54, 1.807) is 7.11 Å². The average molecular weight is 263 g/mol. The normalized spacial score (nSPS) is 16.3. The third-order valence-corrected chi connectivity index (χ3v) is 3.34. The molecule has 1 unspecified atom stereocenters. The lowest BCUT2D eigenvalue weighted by atomic mass is 10.2. The molecule has 0 radical (unpaired) electrons. The molecule has 0 aliphatic heterocycles. The van der Waals surface area contributed by atoms with Gasteiger partial charge in [0.2, 0.25) is 0 Å². The van der Waals surface area contributed by atoms with Crippen LogP contribution in [0.3, 0.4) is 0 Å². The van der Waals surface area contributed by atoms with Crippen LogP contribution < -0.4 is 10.1 Å². The summed E-state index contributed by atoms with van der Waals surface area (Å²) in [6.07, 6.45) is 5.25. The van der Waals surface area contributed by atoms with Gasteiger partial charge in [-0.2, -0.15) is 0 Å². The molecule has 1 fully saturated rings. The third kappa shape index (κ3) is 5.62. The van der Waals surface area contributed by atoms with Gasteiger partial charge in [0.15, 0.2) is 0 Å². The maximum absolute atomic E-state index is 5.94. The number of benzene rings is 1. The highest BCUT2D eigenvalue weighted by Crippen LogP contribution is 2.19. The van der Waals surface area contributed by atoms with Gasteiger partial charge in [-0.05, 0) is 56.8 Å². The van der Waals surface area contributed by atoms with E-state index < -0.39 is 0 Å². The van der Waals surface area contributed by atoms with Crippen molar-refractivity contribution < 1.29 is 9.47 Å². The molecule has 0 saturated heterocycles. The molecule has 2 rings (SSSR count). The molecule has 1 aromatic rings. The van der Waals surface area contributed by atoms with Crippen LogP contribution in [0, 0.1) is 0 Å². The second kappa shape index (κ2) is 7.51. The zero-order chi connectivity index (χ0) is 13.5. The van der Waals surface area contributed by atoms with Gasteiger partial charge in [-0.1, -0.05) is 12.1 Å². The van der Waals surface area contributed by atoms with Crippen LogP contribution in [0.2, 0.25) is 0 Å². The van der Waals surface area contributed by atoms with Gasteiger partial charge in [0.05, 0.1) is 12.7 Å². The summed E-state index contributed by atoms with van der Waals surface area (Å²) >= 11 is 0. The number of nitrogens with one attached hydrogen (secondary N) is 1. The first-order valence-electron chi connectivity index (χ1n) is 7.26. The molecule has 1 N–H and O–H groups in total. The van der Waals surface area contributed by atoms with E-state index in [-0.39, 0.29) is 6.10 Å². The summed E-state index contributed by atoms with van der Waals surface area (Å²) in [7, 11) is 1.71. The Morgan fingerprint density at radius 3 is 2.95 bits per heavy atom. The number of hydrogen-bond donors (Lipinski definition) is 1. The predicted molar refractivity (Wildman–Crippen MR) is 77.5 cm³/mol. The lowest BCUT2D eigenvalue weighted by Gasteiger charge is -2.15. The highest BCUT2D eigenvalue weighted by atomic mass is 16.5. The molecular weight excluding hydrogens is 238 g/mol. The molecule has 1 aliphatic rings. The topological polar surface area (TPSA) is 30.5 Å². The molecule has 0 heterocycles. The van der Waals surface area contributed by atoms with Crippen molar-refractivity contribution in [1.82, 2.24) is 5.32 Å². The lowest BCUT2D eigenvalue weighted by Crippen LogP contribution is -2.20. The maximum atomic E-state index is 5.94. The molecule has 0 bridgehead atoms. The Labute approximate surface area is 116 Å². The minimum atomic E-state index is 0.263. The van der Waals surface area contributed by atoms with Gasteiger partial charge in [-0.3, -0.25) is 0 Å². The van der Waals surface area contributed by atoms with E-state index in [0.29, 0.717) is 6.61 Å². The Morgan fingerprint density at radius 1 is 1.37 bits per heavy atom. The van der Waals surface area contributed by atoms with Crippen molar-refractivity contribution in [3.05, 3.63) is 29.8 Å². The lowest BCUT2D eigenvalue weighted by molar-refractivity contribution is 0.182. The molecule has 0 spiro atoms. The van der Waals surface area contributed by atoms with Gasteiger partial charge in [-0.25, -0.2) is 0 Å². The Bertz CT molecular complexity index is 377. The molecular formula is C16H25NO2. The zero-order valence-electron chi connectivity index (χ0n) is 12.0. The average Bonchev–Trinajstić information content (AvgIpc) is 3.20. The fourth-order valence-corrected chi connectivity index (χ4v) is 2.15. The summed E-state index contributed by atoms with van der Waals surface area (Å²) in [4.78, 5) is 0. The molecule has 0 aromatic heterocycles. The van der Waals surface area contributed by atoms with Crippen molar-refractivity contribution in [3.63, 3.8) is 0 Å². The number of hydrogen-bond acceptors (Lipinski definition) is 3. The molecule has 106 valence electrons. The van der Waals surface area contributed by atoms with Crippen LogP contribution in [0.4, 0.5) is 0 Å². The highest BCUT2D eigenvalue weighted by molar-refractivity contribution is 5.28. The second-order valence-electron chi connectivity index (χ2n) is 5.38. The summed E-state index contributed by atoms with van der Waals surface area (Å²) in [5.74, 6) is 0.942. The fourth-order valence-electron chi connectivity index (χ4n) is 2.15. The number of rotatable bonds is 9. The van der Waals surface area contributed by atoms with Gasteiger partial charge < -0.3 is 14.8 Å². The molecule has 0 amide bonds. The summed E-state index contributed by atoms with van der Waals surface area (Å²) in [6, 6.07) is 8.95. The van der Waals surface area contributed by atoms with Gasteiger partial charge in [0, 0.05) is 13.2 Å². The third-order valence-electron chi connectivity index (χ3n) is 3.34. The minimum Gasteiger partial charge on any atom is -0.491 e. The molecule has 1 aromatic carbocycles. The first-order chi connectivity index (χ1) is 9.28. The van der Waals surface area contributed by atoms with E-state index in [0.717, 1.165) is 30.3 Å². The van der Waals surface area contributed by atoms with Crippen molar-refractivity contribution >= 4 is 0 Å². The Hall–Kier alpha value is -1.06. The predicted octanol–water partition coefficient (Wildman–Crippen LogP) is 3.13. The first-order valence-corrected chi connectivity index (χ1v) is 7.26. The largest absolute Gasteiger partial charge is 0.491 e. The van der Waals surface area contributed by atoms with Crippen LogP contribution >= 0.6 is 0 Å². The Morgan fingerprint density at radius 2 is 2.21 bits per heavy atom. The fraction of sp³-hybridized carbons (Fsp3) is 0.625. The van der Waals surface area contributed by atoms with E-state index in [1.807, 2.05) is 12.1 Å². The quantitative estimate of drug-likeness (QED) is 0.694. The second-order valence-corrected chi connectivity index (χ2v) is 5.38. The Kier molecular flexibility index (Phi) is 5.67. The molecule has 1 atom stereocenters. The van der Waals surface area contributed by atoms with E-state index in [4.69, 9.17) is 9.47 Å². The maximum Gasteiger partial charge on any atom is 0.120 e. The van der Waals surface area contributed by atoms with Crippen LogP contribution in [-0.2, 0) is 11.3 Å². The van der Waals surface area contributed by atoms with Crippen molar-refractivity contribution in [3.8, 4) is 5.75 Å². The molecule has 1 aliphatic carbocycles. The summed E-state index contributed by atoms with van der Waals surface area (Å²) < 4.78 is 11.1. The first kappa shape index (κ1) is 14.4. The van der Waals surface area contributed by atoms with Gasteiger partial charge >= 0.3 is 0 Å². The van der Waals surface area contributed by atoms with E-state index in [1.165, 1.54) is 19.3 Å². The van der Waals surface area contributed by atoms with Crippen molar-refractivity contribution in [2.45, 2.75) is 51.4 Å². The zero-order valence-corrected chi connectivity index (χ0v) is 12.0. The summed E-state index contributed by atoms with van der Waals surface area (Å²) in [5, 5.41) is 3.53. The highest BCUT2D eigenvalue weighted by Gasteiger charge is 2.19. The van der Waals surface area contributed by atoms with Crippen LogP contribution in [0.1, 0.15) is 38.2 Å². The smallest absolute Gasteiger partial charge is 0.120 e. The van der Waals surface area contributed by atoms with Gasteiger partial charge in [0.25, 0.3) is 0 Å². The summed E-state index contributed by atoms with van der Waals surface area (Å²) in [5.41, 5.74) is 1.16. The van der Waals surface area contributed by atoms with Crippen molar-refractivity contribution in [2.24, 2.45) is 0 Å². The molecule has 19 heavy (non-hydrogen) atoms. The standard InChI is InChI=1S/C16H25NO2/c1-13(5-4-10-17-15-8-9-15)19-16-7-3-6-14(11-16)12-18-2/h3,6-7,11,13,15,17H,4-5,8-10,12H2,1-2H3. The number of ether oxygens (including phenoxy) is 2. The minimum absolute atomic E-state index is 0.263. The monoisotopic (exact) mass is 263 g/mol. The number of methoxy groups -OCH3 is 1. The van der Waals surface area contributed by atoms with Crippen LogP contribution in [0.15, 0.2) is 24.3 Å². The molecule has 3 nitrogen and oxygen atoms in total. The Balaban J connectivity index is 1.67. The van der Waals surface area contributed by atoms with Crippen molar-refractivity contribution in [2.75, 3.05) is 13.7 Å². The summed E-state index contributed by atoms with van der Waals surface area (Å²) in [6.45, 7) is 3.89. The van der Waals surface area contributed by atoms with Gasteiger partial charge in [0.1, 0.15) is 5.75 Å². The molecule has 3 heteroatoms. The van der Waals surface area contributed by atoms with E-state index in [2.05, 4.69) is 24.4 Å².